The second-order valence-electron chi connectivity index (χ2n) is 6.85. The summed E-state index contributed by atoms with van der Waals surface area (Å²) < 4.78 is 5.53. The smallest absolute Gasteiger partial charge is 0.166 e. The number of nitrogens with zero attached hydrogens (tertiary/aromatic N) is 1. The highest BCUT2D eigenvalue weighted by Crippen LogP contribution is 2.29. The van der Waals surface area contributed by atoms with Crippen LogP contribution in [0.25, 0.3) is 0 Å². The van der Waals surface area contributed by atoms with Crippen LogP contribution >= 0.6 is 23.6 Å². The van der Waals surface area contributed by atoms with Crippen LogP contribution in [0.3, 0.4) is 0 Å². The molecule has 2 heterocycles. The zero-order valence-corrected chi connectivity index (χ0v) is 16.1. The molecule has 1 aromatic heterocycles. The van der Waals surface area contributed by atoms with E-state index < -0.39 is 0 Å². The largest absolute Gasteiger partial charge is 0.379 e. The maximum absolute atomic E-state index is 5.60. The minimum absolute atomic E-state index is 0.269. The standard InChI is InChI=1S/C18H29N3OS2/c1-14(19-18(23)20-15-6-3-2-4-7-15)17(16-8-5-13-24-16)21-9-11-22-12-10-21/h5,8,13-15,17H,2-4,6-7,9-12H2,1H3,(H2,19,20,23)/t14-,17-/m1/s1. The average molecular weight is 368 g/mol. The lowest BCUT2D eigenvalue weighted by molar-refractivity contribution is 0.0110. The summed E-state index contributed by atoms with van der Waals surface area (Å²) in [6, 6.07) is 5.54. The first-order valence-corrected chi connectivity index (χ1v) is 10.4. The molecule has 3 rings (SSSR count). The molecule has 0 spiro atoms. The maximum atomic E-state index is 5.60. The van der Waals surface area contributed by atoms with Crippen molar-refractivity contribution in [3.05, 3.63) is 22.4 Å². The molecule has 0 aromatic carbocycles. The molecule has 0 radical (unpaired) electrons. The summed E-state index contributed by atoms with van der Waals surface area (Å²) in [5.41, 5.74) is 0. The summed E-state index contributed by atoms with van der Waals surface area (Å²) in [5, 5.41) is 10.1. The van der Waals surface area contributed by atoms with Crippen LogP contribution in [0.4, 0.5) is 0 Å². The van der Waals surface area contributed by atoms with Crippen LogP contribution in [0.2, 0.25) is 0 Å². The van der Waals surface area contributed by atoms with Crippen molar-refractivity contribution in [2.45, 2.75) is 57.2 Å². The third kappa shape index (κ3) is 4.91. The summed E-state index contributed by atoms with van der Waals surface area (Å²) in [6.45, 7) is 5.85. The zero-order valence-electron chi connectivity index (χ0n) is 14.5. The van der Waals surface area contributed by atoms with Crippen molar-refractivity contribution in [3.63, 3.8) is 0 Å². The van der Waals surface area contributed by atoms with E-state index in [0.29, 0.717) is 12.1 Å². The van der Waals surface area contributed by atoms with E-state index in [2.05, 4.69) is 40.0 Å². The Kier molecular flexibility index (Phi) is 6.89. The Bertz CT molecular complexity index is 496. The van der Waals surface area contributed by atoms with Gasteiger partial charge < -0.3 is 15.4 Å². The number of hydrogen-bond acceptors (Lipinski definition) is 4. The van der Waals surface area contributed by atoms with E-state index in [1.165, 1.54) is 37.0 Å². The minimum Gasteiger partial charge on any atom is -0.379 e. The Morgan fingerprint density at radius 3 is 2.71 bits per heavy atom. The van der Waals surface area contributed by atoms with Crippen LogP contribution in [0, 0.1) is 0 Å². The van der Waals surface area contributed by atoms with E-state index >= 15 is 0 Å². The quantitative estimate of drug-likeness (QED) is 0.781. The Morgan fingerprint density at radius 2 is 2.04 bits per heavy atom. The number of thiocarbonyl (C=S) groups is 1. The number of nitrogens with one attached hydrogen (secondary N) is 2. The Balaban J connectivity index is 1.60. The minimum atomic E-state index is 0.269. The van der Waals surface area contributed by atoms with Gasteiger partial charge in [-0.15, -0.1) is 11.3 Å². The van der Waals surface area contributed by atoms with Gasteiger partial charge in [0.1, 0.15) is 0 Å². The third-order valence-corrected chi connectivity index (χ3v) is 6.23. The lowest BCUT2D eigenvalue weighted by Gasteiger charge is -2.38. The molecule has 1 aromatic rings. The second-order valence-corrected chi connectivity index (χ2v) is 8.24. The fourth-order valence-electron chi connectivity index (χ4n) is 3.82. The lowest BCUT2D eigenvalue weighted by atomic mass is 9.96. The molecule has 1 saturated carbocycles. The van der Waals surface area contributed by atoms with Gasteiger partial charge in [0.25, 0.3) is 0 Å². The molecule has 0 amide bonds. The van der Waals surface area contributed by atoms with Gasteiger partial charge in [0.05, 0.1) is 19.3 Å². The average Bonchev–Trinajstić information content (AvgIpc) is 3.11. The predicted molar refractivity (Wildman–Crippen MR) is 105 cm³/mol. The van der Waals surface area contributed by atoms with Crippen molar-refractivity contribution in [3.8, 4) is 0 Å². The predicted octanol–water partition coefficient (Wildman–Crippen LogP) is 3.31. The maximum Gasteiger partial charge on any atom is 0.166 e. The molecule has 1 aliphatic heterocycles. The van der Waals surface area contributed by atoms with Gasteiger partial charge in [0.15, 0.2) is 5.11 Å². The normalized spacial score (nSPS) is 22.7. The zero-order chi connectivity index (χ0) is 16.8. The monoisotopic (exact) mass is 367 g/mol. The van der Waals surface area contributed by atoms with Crippen molar-refractivity contribution in [2.24, 2.45) is 0 Å². The SMILES string of the molecule is C[C@@H](NC(=S)NC1CCCCC1)[C@H](c1cccs1)N1CCOCC1. The lowest BCUT2D eigenvalue weighted by Crippen LogP contribution is -2.51. The third-order valence-electron chi connectivity index (χ3n) is 5.05. The van der Waals surface area contributed by atoms with Crippen molar-refractivity contribution in [1.29, 1.82) is 0 Å². The summed E-state index contributed by atoms with van der Waals surface area (Å²) in [4.78, 5) is 3.92. The number of ether oxygens (including phenoxy) is 1. The highest BCUT2D eigenvalue weighted by Gasteiger charge is 2.29. The van der Waals surface area contributed by atoms with Gasteiger partial charge in [-0.25, -0.2) is 0 Å². The first kappa shape index (κ1) is 18.1. The molecule has 4 nitrogen and oxygen atoms in total. The fraction of sp³-hybridized carbons (Fsp3) is 0.722. The van der Waals surface area contributed by atoms with E-state index in [-0.39, 0.29) is 6.04 Å². The number of rotatable bonds is 5. The van der Waals surface area contributed by atoms with E-state index in [9.17, 15) is 0 Å². The van der Waals surface area contributed by atoms with Gasteiger partial charge >= 0.3 is 0 Å². The summed E-state index contributed by atoms with van der Waals surface area (Å²) in [7, 11) is 0. The molecule has 6 heteroatoms. The summed E-state index contributed by atoms with van der Waals surface area (Å²) in [6.07, 6.45) is 6.50. The van der Waals surface area contributed by atoms with Crippen LogP contribution < -0.4 is 10.6 Å². The summed E-state index contributed by atoms with van der Waals surface area (Å²) >= 11 is 7.43. The van der Waals surface area contributed by atoms with Crippen LogP contribution in [0.1, 0.15) is 49.9 Å². The van der Waals surface area contributed by atoms with Gasteiger partial charge in [0.2, 0.25) is 0 Å². The number of morpholine rings is 1. The van der Waals surface area contributed by atoms with E-state index in [0.717, 1.165) is 31.4 Å². The van der Waals surface area contributed by atoms with E-state index in [4.69, 9.17) is 17.0 Å². The molecule has 2 atom stereocenters. The molecular weight excluding hydrogens is 338 g/mol. The van der Waals surface area contributed by atoms with Gasteiger partial charge in [-0.05, 0) is 43.4 Å². The van der Waals surface area contributed by atoms with Crippen LogP contribution in [-0.4, -0.2) is 48.4 Å². The Labute approximate surface area is 155 Å². The molecule has 0 unspecified atom stereocenters. The van der Waals surface area contributed by atoms with Gasteiger partial charge in [-0.3, -0.25) is 4.90 Å². The van der Waals surface area contributed by atoms with E-state index in [1.807, 2.05) is 11.3 Å². The molecular formula is C18H29N3OS2. The first-order chi connectivity index (χ1) is 11.7. The fourth-order valence-corrected chi connectivity index (χ4v) is 5.13. The molecule has 134 valence electrons. The molecule has 2 N–H and O–H groups in total. The Morgan fingerprint density at radius 1 is 1.29 bits per heavy atom. The van der Waals surface area contributed by atoms with Crippen molar-refractivity contribution < 1.29 is 4.74 Å². The summed E-state index contributed by atoms with van der Waals surface area (Å²) in [5.74, 6) is 0. The molecule has 2 aliphatic rings. The molecule has 24 heavy (non-hydrogen) atoms. The van der Waals surface area contributed by atoms with Crippen LogP contribution in [0.15, 0.2) is 17.5 Å². The number of thiophene rings is 1. The van der Waals surface area contributed by atoms with Crippen molar-refractivity contribution in [1.82, 2.24) is 15.5 Å². The highest BCUT2D eigenvalue weighted by atomic mass is 32.1. The number of hydrogen-bond donors (Lipinski definition) is 2. The first-order valence-electron chi connectivity index (χ1n) is 9.16. The van der Waals surface area contributed by atoms with Gasteiger partial charge in [-0.2, -0.15) is 0 Å². The van der Waals surface area contributed by atoms with E-state index in [1.54, 1.807) is 0 Å². The highest BCUT2D eigenvalue weighted by molar-refractivity contribution is 7.80. The van der Waals surface area contributed by atoms with Gasteiger partial charge in [-0.1, -0.05) is 25.3 Å². The van der Waals surface area contributed by atoms with Crippen LogP contribution in [-0.2, 0) is 4.74 Å². The van der Waals surface area contributed by atoms with Crippen LogP contribution in [0.5, 0.6) is 0 Å². The molecule has 2 fully saturated rings. The second kappa shape index (κ2) is 9.13. The van der Waals surface area contributed by atoms with Gasteiger partial charge in [0, 0.05) is 30.1 Å². The Hall–Kier alpha value is -0.690. The molecule has 1 aliphatic carbocycles. The molecule has 1 saturated heterocycles. The molecule has 0 bridgehead atoms. The van der Waals surface area contributed by atoms with Crippen molar-refractivity contribution in [2.75, 3.05) is 26.3 Å². The topological polar surface area (TPSA) is 36.5 Å². The van der Waals surface area contributed by atoms with Crippen molar-refractivity contribution >= 4 is 28.7 Å².